The van der Waals surface area contributed by atoms with Crippen molar-refractivity contribution in [2.45, 2.75) is 31.9 Å². The molecule has 2 aromatic rings. The number of amides is 1. The first-order valence-electron chi connectivity index (χ1n) is 7.34. The highest BCUT2D eigenvalue weighted by Crippen LogP contribution is 2.29. The van der Waals surface area contributed by atoms with Gasteiger partial charge in [-0.2, -0.15) is 10.2 Å². The highest BCUT2D eigenvalue weighted by Gasteiger charge is 2.33. The number of aromatic nitrogens is 5. The molecule has 118 valence electrons. The zero-order valence-corrected chi connectivity index (χ0v) is 12.8. The van der Waals surface area contributed by atoms with E-state index in [0.29, 0.717) is 13.2 Å². The molecule has 3 rings (SSSR count). The maximum absolute atomic E-state index is 12.3. The summed E-state index contributed by atoms with van der Waals surface area (Å²) in [6.07, 6.45) is 4.03. The van der Waals surface area contributed by atoms with Gasteiger partial charge in [-0.25, -0.2) is 4.98 Å². The number of hydrogen-bond donors (Lipinski definition) is 1. The second-order valence-corrected chi connectivity index (χ2v) is 5.58. The van der Waals surface area contributed by atoms with E-state index in [4.69, 9.17) is 4.74 Å². The molecule has 1 saturated heterocycles. The van der Waals surface area contributed by atoms with E-state index in [-0.39, 0.29) is 24.5 Å². The van der Waals surface area contributed by atoms with E-state index < -0.39 is 0 Å². The van der Waals surface area contributed by atoms with Crippen LogP contribution in [0.3, 0.4) is 0 Å². The smallest absolute Gasteiger partial charge is 0.244 e. The molecule has 0 saturated carbocycles. The summed E-state index contributed by atoms with van der Waals surface area (Å²) in [6, 6.07) is 1.88. The topological polar surface area (TPSA) is 88.9 Å². The number of ether oxygens (including phenoxy) is 1. The number of nitrogens with zero attached hydrogens (tertiary/aromatic N) is 5. The summed E-state index contributed by atoms with van der Waals surface area (Å²) in [6.45, 7) is 3.39. The van der Waals surface area contributed by atoms with Crippen LogP contribution in [0, 0.1) is 6.92 Å². The minimum Gasteiger partial charge on any atom is -0.376 e. The van der Waals surface area contributed by atoms with Crippen molar-refractivity contribution >= 4 is 5.91 Å². The SMILES string of the molecule is Cc1ccnn1CC(=O)N(C)C[C@H]1OCC[C@H]1c1ncn[nH]1. The lowest BCUT2D eigenvalue weighted by molar-refractivity contribution is -0.132. The van der Waals surface area contributed by atoms with E-state index >= 15 is 0 Å². The van der Waals surface area contributed by atoms with E-state index in [1.165, 1.54) is 6.33 Å². The summed E-state index contributed by atoms with van der Waals surface area (Å²) in [7, 11) is 1.79. The van der Waals surface area contributed by atoms with Crippen LogP contribution in [-0.2, 0) is 16.1 Å². The van der Waals surface area contributed by atoms with Gasteiger partial charge in [0.15, 0.2) is 0 Å². The Morgan fingerprint density at radius 2 is 2.45 bits per heavy atom. The lowest BCUT2D eigenvalue weighted by atomic mass is 10.0. The molecule has 0 spiro atoms. The van der Waals surface area contributed by atoms with E-state index in [2.05, 4.69) is 20.3 Å². The molecule has 8 nitrogen and oxygen atoms in total. The molecule has 0 unspecified atom stereocenters. The number of H-pyrrole nitrogens is 1. The molecule has 0 radical (unpaired) electrons. The Hall–Kier alpha value is -2.22. The predicted molar refractivity (Wildman–Crippen MR) is 78.1 cm³/mol. The van der Waals surface area contributed by atoms with Crippen LogP contribution in [0.5, 0.6) is 0 Å². The molecule has 1 aliphatic heterocycles. The number of nitrogens with one attached hydrogen (secondary N) is 1. The van der Waals surface area contributed by atoms with E-state index in [0.717, 1.165) is 17.9 Å². The number of likely N-dealkylation sites (N-methyl/N-ethyl adjacent to an activating group) is 1. The molecule has 0 aliphatic carbocycles. The lowest BCUT2D eigenvalue weighted by Gasteiger charge is -2.24. The molecular formula is C14H20N6O2. The van der Waals surface area contributed by atoms with Gasteiger partial charge >= 0.3 is 0 Å². The van der Waals surface area contributed by atoms with Crippen LogP contribution in [0.4, 0.5) is 0 Å². The molecule has 0 bridgehead atoms. The van der Waals surface area contributed by atoms with Gasteiger partial charge in [0.1, 0.15) is 18.7 Å². The number of carbonyl (C=O) groups excluding carboxylic acids is 1. The van der Waals surface area contributed by atoms with Gasteiger partial charge in [-0.15, -0.1) is 0 Å². The third-order valence-electron chi connectivity index (χ3n) is 4.09. The van der Waals surface area contributed by atoms with Crippen LogP contribution in [0.15, 0.2) is 18.6 Å². The summed E-state index contributed by atoms with van der Waals surface area (Å²) in [4.78, 5) is 18.2. The van der Waals surface area contributed by atoms with Crippen molar-refractivity contribution in [3.05, 3.63) is 30.1 Å². The van der Waals surface area contributed by atoms with E-state index in [9.17, 15) is 4.79 Å². The Morgan fingerprint density at radius 1 is 1.59 bits per heavy atom. The van der Waals surface area contributed by atoms with Crippen molar-refractivity contribution in [1.29, 1.82) is 0 Å². The Labute approximate surface area is 128 Å². The first-order chi connectivity index (χ1) is 10.6. The van der Waals surface area contributed by atoms with Gasteiger partial charge in [-0.3, -0.25) is 14.6 Å². The average molecular weight is 304 g/mol. The van der Waals surface area contributed by atoms with Gasteiger partial charge < -0.3 is 9.64 Å². The van der Waals surface area contributed by atoms with Gasteiger partial charge in [0.2, 0.25) is 5.91 Å². The van der Waals surface area contributed by atoms with Crippen LogP contribution >= 0.6 is 0 Å². The van der Waals surface area contributed by atoms with E-state index in [1.54, 1.807) is 22.8 Å². The zero-order valence-electron chi connectivity index (χ0n) is 12.8. The van der Waals surface area contributed by atoms with Gasteiger partial charge in [0.25, 0.3) is 0 Å². The van der Waals surface area contributed by atoms with Crippen molar-refractivity contribution in [3.63, 3.8) is 0 Å². The zero-order chi connectivity index (χ0) is 15.5. The average Bonchev–Trinajstić information content (AvgIpc) is 3.21. The normalized spacial score (nSPS) is 21.2. The van der Waals surface area contributed by atoms with Gasteiger partial charge in [-0.05, 0) is 19.4 Å². The summed E-state index contributed by atoms with van der Waals surface area (Å²) in [5.41, 5.74) is 0.971. The predicted octanol–water partition coefficient (Wildman–Crippen LogP) is 0.341. The molecule has 1 fully saturated rings. The highest BCUT2D eigenvalue weighted by molar-refractivity contribution is 5.75. The van der Waals surface area contributed by atoms with Crippen molar-refractivity contribution in [1.82, 2.24) is 29.9 Å². The number of carbonyl (C=O) groups is 1. The van der Waals surface area contributed by atoms with Crippen molar-refractivity contribution in [2.24, 2.45) is 0 Å². The van der Waals surface area contributed by atoms with Crippen LogP contribution in [-0.4, -0.2) is 62.1 Å². The first-order valence-corrected chi connectivity index (χ1v) is 7.34. The fourth-order valence-electron chi connectivity index (χ4n) is 2.72. The largest absolute Gasteiger partial charge is 0.376 e. The van der Waals surface area contributed by atoms with Crippen LogP contribution < -0.4 is 0 Å². The standard InChI is InChI=1S/C14H20N6O2/c1-10-3-5-17-20(10)8-13(21)19(2)7-12-11(4-6-22-12)14-15-9-16-18-14/h3,5,9,11-12H,4,6-8H2,1-2H3,(H,15,16,18)/t11-,12-/m1/s1. The minimum absolute atomic E-state index is 0.0126. The molecule has 3 heterocycles. The molecule has 8 heteroatoms. The molecule has 1 N–H and O–H groups in total. The Bertz CT molecular complexity index is 623. The van der Waals surface area contributed by atoms with Crippen LogP contribution in [0.2, 0.25) is 0 Å². The summed E-state index contributed by atoms with van der Waals surface area (Å²) in [5, 5.41) is 10.9. The summed E-state index contributed by atoms with van der Waals surface area (Å²) >= 11 is 0. The quantitative estimate of drug-likeness (QED) is 0.860. The lowest BCUT2D eigenvalue weighted by Crippen LogP contribution is -2.38. The number of hydrogen-bond acceptors (Lipinski definition) is 5. The third kappa shape index (κ3) is 3.01. The van der Waals surface area contributed by atoms with Crippen molar-refractivity contribution in [2.75, 3.05) is 20.2 Å². The monoisotopic (exact) mass is 304 g/mol. The third-order valence-corrected chi connectivity index (χ3v) is 4.09. The number of rotatable bonds is 5. The van der Waals surface area contributed by atoms with Gasteiger partial charge in [-0.1, -0.05) is 0 Å². The molecule has 1 amide bonds. The number of aromatic amines is 1. The first kappa shape index (κ1) is 14.7. The fraction of sp³-hybridized carbons (Fsp3) is 0.571. The fourth-order valence-corrected chi connectivity index (χ4v) is 2.72. The molecule has 2 atom stereocenters. The number of aryl methyl sites for hydroxylation is 1. The molecule has 22 heavy (non-hydrogen) atoms. The molecule has 1 aliphatic rings. The van der Waals surface area contributed by atoms with E-state index in [1.807, 2.05) is 13.0 Å². The second kappa shape index (κ2) is 6.27. The van der Waals surface area contributed by atoms with Gasteiger partial charge in [0.05, 0.1) is 6.10 Å². The highest BCUT2D eigenvalue weighted by atomic mass is 16.5. The minimum atomic E-state index is -0.0550. The van der Waals surface area contributed by atoms with Crippen LogP contribution in [0.25, 0.3) is 0 Å². The maximum Gasteiger partial charge on any atom is 0.244 e. The summed E-state index contributed by atoms with van der Waals surface area (Å²) < 4.78 is 7.46. The van der Waals surface area contributed by atoms with Crippen molar-refractivity contribution < 1.29 is 9.53 Å². The second-order valence-electron chi connectivity index (χ2n) is 5.58. The Balaban J connectivity index is 1.60. The molecule has 2 aromatic heterocycles. The Kier molecular flexibility index (Phi) is 4.19. The molecular weight excluding hydrogens is 284 g/mol. The van der Waals surface area contributed by atoms with Crippen LogP contribution in [0.1, 0.15) is 23.9 Å². The summed E-state index contributed by atoms with van der Waals surface area (Å²) in [5.74, 6) is 0.995. The van der Waals surface area contributed by atoms with Crippen molar-refractivity contribution in [3.8, 4) is 0 Å². The van der Waals surface area contributed by atoms with Gasteiger partial charge in [0, 0.05) is 38.0 Å². The Morgan fingerprint density at radius 3 is 3.14 bits per heavy atom. The maximum atomic E-state index is 12.3. The molecule has 0 aromatic carbocycles.